The number of benzene rings is 2. The monoisotopic (exact) mass is 394 g/mol. The van der Waals surface area contributed by atoms with E-state index in [-0.39, 0.29) is 39.4 Å². The van der Waals surface area contributed by atoms with Crippen LogP contribution in [0.15, 0.2) is 51.2 Å². The fourth-order valence-electron chi connectivity index (χ4n) is 3.56. The third-order valence-corrected chi connectivity index (χ3v) is 5.33. The quantitative estimate of drug-likeness (QED) is 0.303. The SMILES string of the molecule is C=C(C)C(CC=C(C)C)Cc1c(C)cc(O)c2c(=O)c3ccc(O)c(O)c3oc12. The molecule has 0 spiro atoms. The molecule has 0 fully saturated rings. The van der Waals surface area contributed by atoms with E-state index in [2.05, 4.69) is 12.7 Å². The summed E-state index contributed by atoms with van der Waals surface area (Å²) in [5.74, 6) is -0.910. The van der Waals surface area contributed by atoms with Gasteiger partial charge < -0.3 is 19.7 Å². The highest BCUT2D eigenvalue weighted by Crippen LogP contribution is 2.38. The molecular weight excluding hydrogens is 368 g/mol. The summed E-state index contributed by atoms with van der Waals surface area (Å²) < 4.78 is 5.92. The van der Waals surface area contributed by atoms with Crippen LogP contribution in [0, 0.1) is 12.8 Å². The Morgan fingerprint density at radius 3 is 2.45 bits per heavy atom. The van der Waals surface area contributed by atoms with Crippen LogP contribution in [0.25, 0.3) is 21.9 Å². The predicted molar refractivity (Wildman–Crippen MR) is 116 cm³/mol. The fraction of sp³-hybridized carbons (Fsp3) is 0.292. The molecule has 0 aliphatic heterocycles. The van der Waals surface area contributed by atoms with Crippen molar-refractivity contribution in [3.8, 4) is 17.2 Å². The Morgan fingerprint density at radius 2 is 1.83 bits per heavy atom. The van der Waals surface area contributed by atoms with Crippen molar-refractivity contribution in [1.29, 1.82) is 0 Å². The summed E-state index contributed by atoms with van der Waals surface area (Å²) in [5, 5.41) is 30.7. The van der Waals surface area contributed by atoms with E-state index in [1.54, 1.807) is 6.07 Å². The van der Waals surface area contributed by atoms with Crippen LogP contribution in [-0.4, -0.2) is 15.3 Å². The number of aryl methyl sites for hydroxylation is 1. The topological polar surface area (TPSA) is 90.9 Å². The molecule has 29 heavy (non-hydrogen) atoms. The van der Waals surface area contributed by atoms with Gasteiger partial charge >= 0.3 is 0 Å². The van der Waals surface area contributed by atoms with Crippen molar-refractivity contribution in [3.05, 3.63) is 63.4 Å². The van der Waals surface area contributed by atoms with Gasteiger partial charge in [0.15, 0.2) is 11.3 Å². The molecule has 5 heteroatoms. The highest BCUT2D eigenvalue weighted by Gasteiger charge is 2.22. The zero-order valence-electron chi connectivity index (χ0n) is 17.2. The maximum atomic E-state index is 13.0. The number of hydrogen-bond acceptors (Lipinski definition) is 5. The highest BCUT2D eigenvalue weighted by molar-refractivity contribution is 5.97. The highest BCUT2D eigenvalue weighted by atomic mass is 16.4. The van der Waals surface area contributed by atoms with E-state index in [9.17, 15) is 20.1 Å². The van der Waals surface area contributed by atoms with Crippen molar-refractivity contribution < 1.29 is 19.7 Å². The van der Waals surface area contributed by atoms with Crippen LogP contribution in [0.2, 0.25) is 0 Å². The number of aromatic hydroxyl groups is 3. The second-order valence-corrected chi connectivity index (χ2v) is 7.90. The zero-order chi connectivity index (χ0) is 21.5. The first-order valence-electron chi connectivity index (χ1n) is 9.53. The summed E-state index contributed by atoms with van der Waals surface area (Å²) in [6, 6.07) is 4.17. The Morgan fingerprint density at radius 1 is 1.14 bits per heavy atom. The van der Waals surface area contributed by atoms with E-state index in [0.29, 0.717) is 6.42 Å². The van der Waals surface area contributed by atoms with Crippen LogP contribution in [0.1, 0.15) is 38.3 Å². The van der Waals surface area contributed by atoms with Crippen molar-refractivity contribution >= 4 is 21.9 Å². The van der Waals surface area contributed by atoms with Gasteiger partial charge in [-0.15, -0.1) is 0 Å². The van der Waals surface area contributed by atoms with Gasteiger partial charge in [-0.25, -0.2) is 0 Å². The summed E-state index contributed by atoms with van der Waals surface area (Å²) in [5.41, 5.74) is 3.45. The Labute approximate surface area is 169 Å². The van der Waals surface area contributed by atoms with E-state index >= 15 is 0 Å². The normalized spacial score (nSPS) is 12.3. The smallest absolute Gasteiger partial charge is 0.204 e. The molecule has 0 saturated heterocycles. The molecule has 3 aromatic rings. The van der Waals surface area contributed by atoms with Gasteiger partial charge in [0, 0.05) is 0 Å². The molecule has 0 aliphatic carbocycles. The average Bonchev–Trinajstić information content (AvgIpc) is 2.63. The van der Waals surface area contributed by atoms with Crippen molar-refractivity contribution in [2.45, 2.75) is 40.5 Å². The third kappa shape index (κ3) is 3.73. The van der Waals surface area contributed by atoms with E-state index in [0.717, 1.165) is 23.1 Å². The molecule has 1 atom stereocenters. The van der Waals surface area contributed by atoms with Crippen LogP contribution in [0.4, 0.5) is 0 Å². The Balaban J connectivity index is 2.32. The van der Waals surface area contributed by atoms with Crippen LogP contribution in [-0.2, 0) is 6.42 Å². The molecule has 0 amide bonds. The lowest BCUT2D eigenvalue weighted by atomic mass is 9.87. The van der Waals surface area contributed by atoms with Crippen LogP contribution < -0.4 is 5.43 Å². The second kappa shape index (κ2) is 7.66. The van der Waals surface area contributed by atoms with Gasteiger partial charge in [-0.3, -0.25) is 4.79 Å². The van der Waals surface area contributed by atoms with Crippen LogP contribution in [0.5, 0.6) is 17.2 Å². The average molecular weight is 394 g/mol. The van der Waals surface area contributed by atoms with Crippen LogP contribution >= 0.6 is 0 Å². The number of phenols is 3. The van der Waals surface area contributed by atoms with Crippen molar-refractivity contribution in [1.82, 2.24) is 0 Å². The molecule has 0 radical (unpaired) electrons. The zero-order valence-corrected chi connectivity index (χ0v) is 17.2. The molecule has 1 aromatic heterocycles. The number of allylic oxidation sites excluding steroid dienone is 3. The summed E-state index contributed by atoms with van der Waals surface area (Å²) in [6.45, 7) is 12.0. The van der Waals surface area contributed by atoms with Crippen molar-refractivity contribution in [3.63, 3.8) is 0 Å². The number of rotatable bonds is 5. The van der Waals surface area contributed by atoms with E-state index < -0.39 is 11.2 Å². The third-order valence-electron chi connectivity index (χ3n) is 5.33. The molecule has 3 rings (SSSR count). The molecular formula is C24H26O5. The molecule has 1 unspecified atom stereocenters. The maximum Gasteiger partial charge on any atom is 0.204 e. The summed E-state index contributed by atoms with van der Waals surface area (Å²) in [7, 11) is 0. The lowest BCUT2D eigenvalue weighted by molar-refractivity contribution is 0.401. The Hall–Kier alpha value is -3.21. The van der Waals surface area contributed by atoms with Gasteiger partial charge in [-0.05, 0) is 75.8 Å². The first kappa shape index (κ1) is 20.5. The van der Waals surface area contributed by atoms with Crippen molar-refractivity contribution in [2.75, 3.05) is 0 Å². The Kier molecular flexibility index (Phi) is 5.42. The number of fused-ring (bicyclic) bond motifs is 2. The van der Waals surface area contributed by atoms with Crippen molar-refractivity contribution in [2.24, 2.45) is 5.92 Å². The van der Waals surface area contributed by atoms with Gasteiger partial charge in [0.05, 0.1) is 5.39 Å². The number of phenolic OH excluding ortho intramolecular Hbond substituents is 3. The molecule has 152 valence electrons. The number of hydrogen-bond donors (Lipinski definition) is 3. The predicted octanol–water partition coefficient (Wildman–Crippen LogP) is 5.46. The standard InChI is InChI=1S/C24H26O5/c1-12(2)6-7-15(13(3)4)11-17-14(5)10-19(26)20-21(27)16-8-9-18(25)22(28)24(16)29-23(17)20/h6,8-10,15,25-26,28H,3,7,11H2,1-2,4-5H3. The van der Waals surface area contributed by atoms with E-state index in [4.69, 9.17) is 4.42 Å². The minimum atomic E-state index is -0.491. The van der Waals surface area contributed by atoms with Crippen LogP contribution in [0.3, 0.4) is 0 Å². The molecule has 0 bridgehead atoms. The first-order valence-corrected chi connectivity index (χ1v) is 9.53. The minimum Gasteiger partial charge on any atom is -0.507 e. The molecule has 5 nitrogen and oxygen atoms in total. The molecule has 3 N–H and O–H groups in total. The van der Waals surface area contributed by atoms with E-state index in [1.165, 1.54) is 17.7 Å². The lowest BCUT2D eigenvalue weighted by Gasteiger charge is -2.19. The fourth-order valence-corrected chi connectivity index (χ4v) is 3.56. The Bertz CT molecular complexity index is 1210. The largest absolute Gasteiger partial charge is 0.507 e. The molecule has 2 aromatic carbocycles. The summed E-state index contributed by atoms with van der Waals surface area (Å²) in [4.78, 5) is 13.0. The molecule has 1 heterocycles. The summed E-state index contributed by atoms with van der Waals surface area (Å²) >= 11 is 0. The van der Waals surface area contributed by atoms with Gasteiger partial charge in [-0.1, -0.05) is 23.8 Å². The summed E-state index contributed by atoms with van der Waals surface area (Å²) in [6.07, 6.45) is 3.51. The van der Waals surface area contributed by atoms with Gasteiger partial charge in [0.1, 0.15) is 16.7 Å². The van der Waals surface area contributed by atoms with Gasteiger partial charge in [-0.2, -0.15) is 0 Å². The first-order chi connectivity index (χ1) is 13.6. The molecule has 0 aliphatic rings. The second-order valence-electron chi connectivity index (χ2n) is 7.90. The molecule has 0 saturated carbocycles. The van der Waals surface area contributed by atoms with E-state index in [1.807, 2.05) is 27.7 Å². The lowest BCUT2D eigenvalue weighted by Crippen LogP contribution is -2.10. The minimum absolute atomic E-state index is 0.0749. The van der Waals surface area contributed by atoms with Gasteiger partial charge in [0.2, 0.25) is 11.2 Å². The maximum absolute atomic E-state index is 13.0. The van der Waals surface area contributed by atoms with Gasteiger partial charge in [0.25, 0.3) is 0 Å².